The predicted molar refractivity (Wildman–Crippen MR) is 143 cm³/mol. The summed E-state index contributed by atoms with van der Waals surface area (Å²) in [7, 11) is 3.10. The summed E-state index contributed by atoms with van der Waals surface area (Å²) in [5.74, 6) is -0.456. The SMILES string of the molecule is CCn1c(-c2ccc(-c3c(C#N)on(C)c3=O)cc2)cc2cc(C)nc(C(=O)Nc3ccn(C)c(=O)c3)c21. The molecule has 1 aromatic carbocycles. The van der Waals surface area contributed by atoms with Crippen LogP contribution >= 0.6 is 0 Å². The number of hydrogen-bond donors (Lipinski definition) is 1. The van der Waals surface area contributed by atoms with Crippen molar-refractivity contribution in [3.8, 4) is 28.5 Å². The Morgan fingerprint density at radius 1 is 1.08 bits per heavy atom. The van der Waals surface area contributed by atoms with E-state index >= 15 is 0 Å². The molecule has 0 atom stereocenters. The average Bonchev–Trinajstić information content (AvgIpc) is 3.41. The molecule has 1 N–H and O–H groups in total. The van der Waals surface area contributed by atoms with Gasteiger partial charge in [0.15, 0.2) is 5.69 Å². The van der Waals surface area contributed by atoms with Crippen molar-refractivity contribution in [3.63, 3.8) is 0 Å². The van der Waals surface area contributed by atoms with Gasteiger partial charge in [-0.15, -0.1) is 0 Å². The Morgan fingerprint density at radius 3 is 2.45 bits per heavy atom. The molecule has 0 aliphatic heterocycles. The van der Waals surface area contributed by atoms with E-state index in [0.717, 1.165) is 21.4 Å². The fraction of sp³-hybridized carbons (Fsp3) is 0.179. The molecular weight excluding hydrogens is 484 g/mol. The summed E-state index contributed by atoms with van der Waals surface area (Å²) in [4.78, 5) is 42.3. The number of aryl methyl sites for hydroxylation is 4. The molecule has 0 fully saturated rings. The summed E-state index contributed by atoms with van der Waals surface area (Å²) in [6.45, 7) is 4.37. The second-order valence-corrected chi connectivity index (χ2v) is 8.93. The number of nitrogens with one attached hydrogen (secondary N) is 1. The molecule has 0 saturated carbocycles. The molecule has 0 bridgehead atoms. The second-order valence-electron chi connectivity index (χ2n) is 8.93. The molecule has 0 radical (unpaired) electrons. The monoisotopic (exact) mass is 508 g/mol. The van der Waals surface area contributed by atoms with Crippen LogP contribution in [0.15, 0.2) is 68.8 Å². The highest BCUT2D eigenvalue weighted by molar-refractivity contribution is 6.11. The molecule has 0 aliphatic rings. The number of rotatable bonds is 5. The van der Waals surface area contributed by atoms with E-state index in [1.165, 1.54) is 17.7 Å². The molecule has 0 aliphatic carbocycles. The minimum Gasteiger partial charge on any atom is -0.365 e. The van der Waals surface area contributed by atoms with Crippen LogP contribution in [-0.4, -0.2) is 24.8 Å². The predicted octanol–water partition coefficient (Wildman–Crippen LogP) is 3.81. The number of nitrogens with zero attached hydrogens (tertiary/aromatic N) is 5. The van der Waals surface area contributed by atoms with Crippen LogP contribution in [0.3, 0.4) is 0 Å². The van der Waals surface area contributed by atoms with Crippen LogP contribution in [-0.2, 0) is 20.6 Å². The van der Waals surface area contributed by atoms with Crippen molar-refractivity contribution in [3.05, 3.63) is 92.6 Å². The normalized spacial score (nSPS) is 11.0. The van der Waals surface area contributed by atoms with Gasteiger partial charge >= 0.3 is 0 Å². The molecule has 5 aromatic rings. The Morgan fingerprint density at radius 2 is 1.79 bits per heavy atom. The minimum atomic E-state index is -0.415. The smallest absolute Gasteiger partial charge is 0.291 e. The molecule has 190 valence electrons. The molecule has 38 heavy (non-hydrogen) atoms. The lowest BCUT2D eigenvalue weighted by molar-refractivity contribution is 0.102. The first-order valence-corrected chi connectivity index (χ1v) is 11.9. The number of hydrogen-bond acceptors (Lipinski definition) is 6. The number of carbonyl (C=O) groups excluding carboxylic acids is 1. The number of pyridine rings is 2. The number of anilines is 1. The van der Waals surface area contributed by atoms with Crippen molar-refractivity contribution < 1.29 is 9.32 Å². The van der Waals surface area contributed by atoms with E-state index in [-0.39, 0.29) is 28.1 Å². The number of carbonyl (C=O) groups is 1. The Labute approximate surface area is 217 Å². The first-order valence-electron chi connectivity index (χ1n) is 11.9. The summed E-state index contributed by atoms with van der Waals surface area (Å²) in [6, 6.07) is 16.1. The van der Waals surface area contributed by atoms with Crippen molar-refractivity contribution >= 4 is 22.5 Å². The Balaban J connectivity index is 1.59. The highest BCUT2D eigenvalue weighted by atomic mass is 16.5. The van der Waals surface area contributed by atoms with Gasteiger partial charge in [0.05, 0.1) is 5.52 Å². The van der Waals surface area contributed by atoms with Gasteiger partial charge in [0.2, 0.25) is 5.76 Å². The highest BCUT2D eigenvalue weighted by Gasteiger charge is 2.21. The van der Waals surface area contributed by atoms with Crippen LogP contribution in [0.2, 0.25) is 0 Å². The molecule has 1 amide bonds. The Bertz CT molecular complexity index is 1880. The van der Waals surface area contributed by atoms with E-state index in [1.807, 2.05) is 48.7 Å². The third kappa shape index (κ3) is 4.10. The number of nitriles is 1. The quantitative estimate of drug-likeness (QED) is 0.385. The van der Waals surface area contributed by atoms with Crippen molar-refractivity contribution in [2.45, 2.75) is 20.4 Å². The summed E-state index contributed by atoms with van der Waals surface area (Å²) in [5.41, 5.74) is 3.90. The van der Waals surface area contributed by atoms with Gasteiger partial charge in [-0.25, -0.2) is 4.98 Å². The van der Waals surface area contributed by atoms with Crippen LogP contribution in [0.1, 0.15) is 28.9 Å². The molecule has 5 rings (SSSR count). The maximum absolute atomic E-state index is 13.3. The van der Waals surface area contributed by atoms with Gasteiger partial charge in [-0.2, -0.15) is 10.0 Å². The summed E-state index contributed by atoms with van der Waals surface area (Å²) < 4.78 is 9.68. The molecule has 4 heterocycles. The number of fused-ring (bicyclic) bond motifs is 1. The van der Waals surface area contributed by atoms with Crippen LogP contribution in [0.5, 0.6) is 0 Å². The molecular formula is C28H24N6O4. The van der Waals surface area contributed by atoms with E-state index in [1.54, 1.807) is 31.4 Å². The molecule has 4 aromatic heterocycles. The van der Waals surface area contributed by atoms with Gasteiger partial charge in [-0.05, 0) is 43.2 Å². The Kier molecular flexibility index (Phi) is 6.04. The van der Waals surface area contributed by atoms with Crippen molar-refractivity contribution in [1.29, 1.82) is 5.26 Å². The zero-order valence-electron chi connectivity index (χ0n) is 21.3. The number of amides is 1. The number of aromatic nitrogens is 4. The summed E-state index contributed by atoms with van der Waals surface area (Å²) in [5, 5.41) is 13.0. The molecule has 0 saturated heterocycles. The molecule has 0 spiro atoms. The first-order chi connectivity index (χ1) is 18.2. The van der Waals surface area contributed by atoms with Crippen LogP contribution < -0.4 is 16.4 Å². The topological polar surface area (TPSA) is 128 Å². The lowest BCUT2D eigenvalue weighted by Crippen LogP contribution is -2.20. The van der Waals surface area contributed by atoms with Gasteiger partial charge in [0.25, 0.3) is 17.0 Å². The third-order valence-electron chi connectivity index (χ3n) is 6.42. The zero-order valence-corrected chi connectivity index (χ0v) is 21.3. The van der Waals surface area contributed by atoms with E-state index < -0.39 is 5.91 Å². The number of benzene rings is 1. The third-order valence-corrected chi connectivity index (χ3v) is 6.42. The van der Waals surface area contributed by atoms with E-state index in [4.69, 9.17) is 4.52 Å². The highest BCUT2D eigenvalue weighted by Crippen LogP contribution is 2.32. The van der Waals surface area contributed by atoms with Gasteiger partial charge < -0.3 is 19.0 Å². The first kappa shape index (κ1) is 24.5. The maximum Gasteiger partial charge on any atom is 0.291 e. The fourth-order valence-electron chi connectivity index (χ4n) is 4.59. The fourth-order valence-corrected chi connectivity index (χ4v) is 4.59. The van der Waals surface area contributed by atoms with Crippen LogP contribution in [0.4, 0.5) is 5.69 Å². The molecule has 0 unspecified atom stereocenters. The lowest BCUT2D eigenvalue weighted by atomic mass is 10.0. The standard InChI is InChI=1S/C28H24N6O4/c1-5-34-21(17-6-8-18(9-7-17)24-22(15-29)38-33(4)28(24)37)13-19-12-16(2)30-25(26(19)34)27(36)31-20-10-11-32(3)23(35)14-20/h6-14H,5H2,1-4H3,(H,31,36). The van der Waals surface area contributed by atoms with Crippen molar-refractivity contribution in [2.75, 3.05) is 5.32 Å². The largest absolute Gasteiger partial charge is 0.365 e. The van der Waals surface area contributed by atoms with Gasteiger partial charge in [0.1, 0.15) is 11.6 Å². The van der Waals surface area contributed by atoms with E-state index in [9.17, 15) is 19.6 Å². The zero-order chi connectivity index (χ0) is 27.1. The lowest BCUT2D eigenvalue weighted by Gasteiger charge is -2.12. The average molecular weight is 509 g/mol. The minimum absolute atomic E-state index is 0.0404. The molecule has 10 heteroatoms. The van der Waals surface area contributed by atoms with Crippen LogP contribution in [0, 0.1) is 18.3 Å². The van der Waals surface area contributed by atoms with E-state index in [2.05, 4.69) is 10.3 Å². The van der Waals surface area contributed by atoms with Gasteiger partial charge in [0, 0.05) is 55.4 Å². The maximum atomic E-state index is 13.3. The Hall–Kier alpha value is -5.17. The summed E-state index contributed by atoms with van der Waals surface area (Å²) >= 11 is 0. The van der Waals surface area contributed by atoms with E-state index in [0.29, 0.717) is 29.0 Å². The van der Waals surface area contributed by atoms with Gasteiger partial charge in [-0.1, -0.05) is 24.3 Å². The van der Waals surface area contributed by atoms with Crippen LogP contribution in [0.25, 0.3) is 33.3 Å². The molecule has 10 nitrogen and oxygen atoms in total. The van der Waals surface area contributed by atoms with Crippen molar-refractivity contribution in [2.24, 2.45) is 14.1 Å². The second kappa shape index (κ2) is 9.37. The van der Waals surface area contributed by atoms with Crippen molar-refractivity contribution in [1.82, 2.24) is 18.9 Å². The van der Waals surface area contributed by atoms with Gasteiger partial charge in [-0.3, -0.25) is 14.4 Å². The summed E-state index contributed by atoms with van der Waals surface area (Å²) in [6.07, 6.45) is 1.59.